The Bertz CT molecular complexity index is 1230. The van der Waals surface area contributed by atoms with Gasteiger partial charge in [-0.25, -0.2) is 14.8 Å². The number of ether oxygens (including phenoxy) is 2. The van der Waals surface area contributed by atoms with Gasteiger partial charge < -0.3 is 24.7 Å². The lowest BCUT2D eigenvalue weighted by Crippen LogP contribution is -2.35. The van der Waals surface area contributed by atoms with Gasteiger partial charge in [0.05, 0.1) is 10.7 Å². The van der Waals surface area contributed by atoms with Gasteiger partial charge in [-0.05, 0) is 70.2 Å². The lowest BCUT2D eigenvalue weighted by Gasteiger charge is -2.24. The number of hydrogen-bond acceptors (Lipinski definition) is 6. The molecule has 1 atom stereocenters. The summed E-state index contributed by atoms with van der Waals surface area (Å²) < 4.78 is 11.0. The van der Waals surface area contributed by atoms with E-state index in [1.807, 2.05) is 39.0 Å². The van der Waals surface area contributed by atoms with Crippen molar-refractivity contribution in [1.29, 1.82) is 0 Å². The van der Waals surface area contributed by atoms with Crippen LogP contribution in [0.25, 0.3) is 22.3 Å². The highest BCUT2D eigenvalue weighted by atomic mass is 35.5. The number of hydrogen-bond donors (Lipinski definition) is 2. The lowest BCUT2D eigenvalue weighted by atomic mass is 10.0. The molecule has 1 amide bonds. The van der Waals surface area contributed by atoms with Crippen molar-refractivity contribution < 1.29 is 14.3 Å². The van der Waals surface area contributed by atoms with E-state index in [2.05, 4.69) is 21.4 Å². The highest BCUT2D eigenvalue weighted by molar-refractivity contribution is 6.33. The first-order valence-corrected chi connectivity index (χ1v) is 13.1. The second-order valence-electron chi connectivity index (χ2n) is 10.7. The zero-order valence-electron chi connectivity index (χ0n) is 21.1. The Morgan fingerprint density at radius 1 is 1.25 bits per heavy atom. The van der Waals surface area contributed by atoms with Crippen LogP contribution in [0.1, 0.15) is 51.6 Å². The van der Waals surface area contributed by atoms with Crippen LogP contribution in [-0.2, 0) is 9.47 Å². The number of nitrogens with zero attached hydrogens (tertiary/aromatic N) is 3. The molecule has 5 rings (SSSR count). The number of amides is 1. The fraction of sp³-hybridized carbons (Fsp3) is 0.519. The molecular weight excluding hydrogens is 478 g/mol. The third-order valence-corrected chi connectivity index (χ3v) is 7.15. The summed E-state index contributed by atoms with van der Waals surface area (Å²) in [5.41, 5.74) is 3.01. The molecule has 0 spiro atoms. The zero-order valence-corrected chi connectivity index (χ0v) is 21.9. The number of aromatic amines is 1. The lowest BCUT2D eigenvalue weighted by molar-refractivity contribution is 0.0292. The van der Waals surface area contributed by atoms with Crippen LogP contribution in [0, 0.1) is 5.92 Å². The van der Waals surface area contributed by atoms with Gasteiger partial charge in [0, 0.05) is 61.6 Å². The number of fused-ring (bicyclic) bond motifs is 1. The monoisotopic (exact) mass is 511 g/mol. The number of anilines is 1. The Balaban J connectivity index is 1.35. The normalized spacial score (nSPS) is 19.1. The van der Waals surface area contributed by atoms with E-state index in [1.165, 1.54) is 0 Å². The molecule has 5 heterocycles. The van der Waals surface area contributed by atoms with Gasteiger partial charge in [0.1, 0.15) is 17.1 Å². The summed E-state index contributed by atoms with van der Waals surface area (Å²) in [6.07, 6.45) is 4.51. The minimum absolute atomic E-state index is 0.190. The molecule has 2 N–H and O–H groups in total. The van der Waals surface area contributed by atoms with Crippen molar-refractivity contribution in [1.82, 2.24) is 19.9 Å². The summed E-state index contributed by atoms with van der Waals surface area (Å²) in [4.78, 5) is 27.2. The van der Waals surface area contributed by atoms with E-state index < -0.39 is 5.60 Å². The van der Waals surface area contributed by atoms with Gasteiger partial charge in [-0.15, -0.1) is 0 Å². The number of pyridine rings is 2. The number of carbonyl (C=O) groups is 1. The van der Waals surface area contributed by atoms with Crippen molar-refractivity contribution in [3.05, 3.63) is 41.2 Å². The SMILES string of the molecule is CC(C)(C)OC(=O)N1CCC(c2cc3c(-c4nc(NCC5CCOCC5)ccc4Cl)ccnc3[nH]2)C1. The van der Waals surface area contributed by atoms with Gasteiger partial charge in [0.25, 0.3) is 0 Å². The van der Waals surface area contributed by atoms with Gasteiger partial charge in [-0.1, -0.05) is 11.6 Å². The van der Waals surface area contributed by atoms with Crippen LogP contribution in [-0.4, -0.2) is 64.4 Å². The average molecular weight is 512 g/mol. The molecule has 2 fully saturated rings. The van der Waals surface area contributed by atoms with E-state index in [0.29, 0.717) is 24.0 Å². The molecule has 0 bridgehead atoms. The predicted octanol–water partition coefficient (Wildman–Crippen LogP) is 5.84. The molecule has 36 heavy (non-hydrogen) atoms. The molecule has 0 radical (unpaired) electrons. The van der Waals surface area contributed by atoms with Crippen molar-refractivity contribution in [2.75, 3.05) is 38.2 Å². The topological polar surface area (TPSA) is 92.4 Å². The molecule has 0 aromatic carbocycles. The van der Waals surface area contributed by atoms with Crippen LogP contribution < -0.4 is 5.32 Å². The molecule has 2 aliphatic heterocycles. The van der Waals surface area contributed by atoms with Crippen LogP contribution >= 0.6 is 11.6 Å². The third-order valence-electron chi connectivity index (χ3n) is 6.85. The van der Waals surface area contributed by atoms with Crippen LogP contribution in [0.15, 0.2) is 30.5 Å². The van der Waals surface area contributed by atoms with Crippen LogP contribution in [0.2, 0.25) is 5.02 Å². The van der Waals surface area contributed by atoms with Crippen LogP contribution in [0.4, 0.5) is 10.6 Å². The minimum atomic E-state index is -0.504. The molecule has 0 saturated carbocycles. The van der Waals surface area contributed by atoms with Gasteiger partial charge in [0.15, 0.2) is 0 Å². The highest BCUT2D eigenvalue weighted by Gasteiger charge is 2.31. The van der Waals surface area contributed by atoms with E-state index >= 15 is 0 Å². The molecule has 192 valence electrons. The average Bonchev–Trinajstić information content (AvgIpc) is 3.51. The number of H-pyrrole nitrogens is 1. The zero-order chi connectivity index (χ0) is 25.3. The Kier molecular flexibility index (Phi) is 7.08. The number of aromatic nitrogens is 3. The van der Waals surface area contributed by atoms with Crippen LogP contribution in [0.5, 0.6) is 0 Å². The molecule has 9 heteroatoms. The number of rotatable bonds is 5. The van der Waals surface area contributed by atoms with Gasteiger partial charge >= 0.3 is 6.09 Å². The second kappa shape index (κ2) is 10.3. The van der Waals surface area contributed by atoms with Gasteiger partial charge in [-0.3, -0.25) is 0 Å². The minimum Gasteiger partial charge on any atom is -0.444 e. The number of likely N-dealkylation sites (tertiary alicyclic amines) is 1. The first kappa shape index (κ1) is 24.8. The van der Waals surface area contributed by atoms with Gasteiger partial charge in [-0.2, -0.15) is 0 Å². The Hall–Kier alpha value is -2.84. The predicted molar refractivity (Wildman–Crippen MR) is 142 cm³/mol. The van der Waals surface area contributed by atoms with E-state index in [4.69, 9.17) is 26.1 Å². The molecular formula is C27H34ClN5O3. The number of carbonyl (C=O) groups excluding carboxylic acids is 1. The van der Waals surface area contributed by atoms with Gasteiger partial charge in [0.2, 0.25) is 0 Å². The van der Waals surface area contributed by atoms with Crippen molar-refractivity contribution in [2.45, 2.75) is 51.6 Å². The molecule has 1 unspecified atom stereocenters. The molecule has 0 aliphatic carbocycles. The maximum atomic E-state index is 12.5. The molecule has 3 aromatic heterocycles. The quantitative estimate of drug-likeness (QED) is 0.447. The van der Waals surface area contributed by atoms with Crippen molar-refractivity contribution in [2.24, 2.45) is 5.92 Å². The highest BCUT2D eigenvalue weighted by Crippen LogP contribution is 2.36. The fourth-order valence-electron chi connectivity index (χ4n) is 4.91. The standard InChI is InChI=1S/C27H34ClN5O3/c1-27(2,3)36-26(34)33-11-7-18(16-33)22-14-20-19(6-10-29-25(20)31-22)24-21(28)4-5-23(32-24)30-15-17-8-12-35-13-9-17/h4-6,10,14,17-18H,7-9,11-13,15-16H2,1-3H3,(H,29,31)(H,30,32). The maximum Gasteiger partial charge on any atom is 0.410 e. The fourth-order valence-corrected chi connectivity index (χ4v) is 5.12. The van der Waals surface area contributed by atoms with Crippen molar-refractivity contribution >= 4 is 34.5 Å². The number of halogens is 1. The first-order valence-electron chi connectivity index (χ1n) is 12.7. The smallest absolute Gasteiger partial charge is 0.410 e. The largest absolute Gasteiger partial charge is 0.444 e. The molecule has 2 aliphatic rings. The summed E-state index contributed by atoms with van der Waals surface area (Å²) in [6.45, 7) is 9.46. The Labute approximate surface area is 216 Å². The Morgan fingerprint density at radius 3 is 2.83 bits per heavy atom. The van der Waals surface area contributed by atoms with Crippen molar-refractivity contribution in [3.63, 3.8) is 0 Å². The first-order chi connectivity index (χ1) is 17.3. The number of nitrogens with one attached hydrogen (secondary N) is 2. The summed E-state index contributed by atoms with van der Waals surface area (Å²) in [5.74, 6) is 1.59. The summed E-state index contributed by atoms with van der Waals surface area (Å²) in [7, 11) is 0. The van der Waals surface area contributed by atoms with Crippen LogP contribution in [0.3, 0.4) is 0 Å². The van der Waals surface area contributed by atoms with E-state index in [0.717, 1.165) is 72.8 Å². The molecule has 2 saturated heterocycles. The molecule has 3 aromatic rings. The summed E-state index contributed by atoms with van der Waals surface area (Å²) in [6, 6.07) is 7.90. The summed E-state index contributed by atoms with van der Waals surface area (Å²) >= 11 is 6.63. The van der Waals surface area contributed by atoms with E-state index in [9.17, 15) is 4.79 Å². The molecule has 8 nitrogen and oxygen atoms in total. The van der Waals surface area contributed by atoms with E-state index in [1.54, 1.807) is 11.1 Å². The third kappa shape index (κ3) is 5.60. The van der Waals surface area contributed by atoms with E-state index in [-0.39, 0.29) is 12.0 Å². The van der Waals surface area contributed by atoms with Crippen molar-refractivity contribution in [3.8, 4) is 11.3 Å². The maximum absolute atomic E-state index is 12.5. The summed E-state index contributed by atoms with van der Waals surface area (Å²) in [5, 5.41) is 5.05. The Morgan fingerprint density at radius 2 is 2.06 bits per heavy atom. The second-order valence-corrected chi connectivity index (χ2v) is 11.1.